The summed E-state index contributed by atoms with van der Waals surface area (Å²) in [6, 6.07) is 15.5. The van der Waals surface area contributed by atoms with Crippen LogP contribution in [-0.2, 0) is 12.6 Å². The zero-order chi connectivity index (χ0) is 39.7. The minimum Gasteiger partial charge on any atom is -0.478 e. The van der Waals surface area contributed by atoms with Gasteiger partial charge in [0.15, 0.2) is 0 Å². The summed E-state index contributed by atoms with van der Waals surface area (Å²) in [4.78, 5) is 50.8. The van der Waals surface area contributed by atoms with E-state index >= 15 is 0 Å². The maximum absolute atomic E-state index is 12.6. The van der Waals surface area contributed by atoms with Crippen molar-refractivity contribution in [2.45, 2.75) is 54.8 Å². The highest BCUT2D eigenvalue weighted by atomic mass is 32.2. The van der Waals surface area contributed by atoms with E-state index in [0.29, 0.717) is 67.7 Å². The molecular formula is C36H36F3N9O7S. The van der Waals surface area contributed by atoms with Crippen molar-refractivity contribution in [3.8, 4) is 11.4 Å². The molecule has 5 aromatic rings. The normalized spacial score (nSPS) is 15.1. The van der Waals surface area contributed by atoms with Crippen LogP contribution in [0, 0.1) is 0 Å². The number of nitrogens with zero attached hydrogens (tertiary/aromatic N) is 9. The molecule has 0 unspecified atom stereocenters. The molecule has 0 radical (unpaired) electrons. The highest BCUT2D eigenvalue weighted by molar-refractivity contribution is 7.99. The number of carbonyl (C=O) groups is 3. The lowest BCUT2D eigenvalue weighted by molar-refractivity contribution is -0.137. The van der Waals surface area contributed by atoms with Gasteiger partial charge in [-0.25, -0.2) is 19.4 Å². The van der Waals surface area contributed by atoms with E-state index < -0.39 is 29.9 Å². The molecule has 3 aromatic heterocycles. The Morgan fingerprint density at radius 1 is 0.875 bits per heavy atom. The molecule has 294 valence electrons. The number of imidazole rings is 1. The molecule has 2 aromatic carbocycles. The Morgan fingerprint density at radius 2 is 1.57 bits per heavy atom. The molecule has 0 spiro atoms. The monoisotopic (exact) mass is 795 g/mol. The Balaban J connectivity index is 0.000000198. The molecule has 16 nitrogen and oxygen atoms in total. The smallest absolute Gasteiger partial charge is 0.417 e. The SMILES string of the molecule is O=C(O)c1ccc(-n2nnnc2SC2CCN(C(=O)O)CC2)cc1.O=C(Oc1ccc(Cc2ccc(C(F)(F)F)cn2)cc1)N1CCC(On2ccnc2)CC1. The standard InChI is InChI=1S/C22H21F3N4O3.C14H15N5O4S/c23-22(24,25)17-3-4-18(27-14-17)13-16-1-5-19(6-2-16)31-21(30)28-10-7-20(8-11-28)32-29-12-9-26-15-29;20-12(21)9-1-3-10(4-2-9)19-13(15-16-17-19)24-11-5-7-18(8-6-11)14(22)23/h1-6,9,12,14-15,20H,7-8,10-11,13H2;1-4,11H,5-8H2,(H,20,21)(H,22,23). The number of pyridine rings is 1. The van der Waals surface area contributed by atoms with Crippen molar-refractivity contribution in [1.82, 2.24) is 44.7 Å². The highest BCUT2D eigenvalue weighted by Crippen LogP contribution is 2.30. The van der Waals surface area contributed by atoms with E-state index in [1.807, 2.05) is 0 Å². The maximum Gasteiger partial charge on any atom is 0.417 e. The van der Waals surface area contributed by atoms with Crippen LogP contribution in [0.25, 0.3) is 5.69 Å². The van der Waals surface area contributed by atoms with Gasteiger partial charge in [-0.2, -0.15) is 22.6 Å². The number of hydrogen-bond acceptors (Lipinski definition) is 11. The third-order valence-electron chi connectivity index (χ3n) is 8.90. The van der Waals surface area contributed by atoms with Crippen molar-refractivity contribution in [1.29, 1.82) is 0 Å². The van der Waals surface area contributed by atoms with E-state index in [0.717, 1.165) is 30.7 Å². The Hall–Kier alpha value is -6.18. The van der Waals surface area contributed by atoms with Crippen molar-refractivity contribution in [3.63, 3.8) is 0 Å². The third-order valence-corrected chi connectivity index (χ3v) is 10.2. The fourth-order valence-electron chi connectivity index (χ4n) is 5.85. The number of aromatic nitrogens is 7. The average molecular weight is 796 g/mol. The topological polar surface area (TPSA) is 191 Å². The van der Waals surface area contributed by atoms with Gasteiger partial charge in [-0.15, -0.1) is 5.10 Å². The number of hydrogen-bond donors (Lipinski definition) is 2. The number of amides is 2. The molecule has 2 N–H and O–H groups in total. The van der Waals surface area contributed by atoms with E-state index in [4.69, 9.17) is 19.8 Å². The van der Waals surface area contributed by atoms with Crippen LogP contribution in [0.4, 0.5) is 22.8 Å². The highest BCUT2D eigenvalue weighted by Gasteiger charge is 2.31. The van der Waals surface area contributed by atoms with Crippen molar-refractivity contribution in [2.24, 2.45) is 0 Å². The van der Waals surface area contributed by atoms with Gasteiger partial charge < -0.3 is 29.6 Å². The van der Waals surface area contributed by atoms with E-state index in [9.17, 15) is 27.6 Å². The number of likely N-dealkylation sites (tertiary alicyclic amines) is 2. The quantitative estimate of drug-likeness (QED) is 0.188. The second-order valence-electron chi connectivity index (χ2n) is 12.8. The number of halogens is 3. The first-order valence-corrected chi connectivity index (χ1v) is 18.3. The summed E-state index contributed by atoms with van der Waals surface area (Å²) >= 11 is 1.51. The van der Waals surface area contributed by atoms with Crippen LogP contribution in [0.1, 0.15) is 52.9 Å². The van der Waals surface area contributed by atoms with Crippen LogP contribution in [0.2, 0.25) is 0 Å². The van der Waals surface area contributed by atoms with Gasteiger partial charge >= 0.3 is 24.3 Å². The van der Waals surface area contributed by atoms with Crippen molar-refractivity contribution < 1.29 is 47.3 Å². The van der Waals surface area contributed by atoms with Crippen molar-refractivity contribution in [3.05, 3.63) is 108 Å². The number of piperidine rings is 2. The molecular weight excluding hydrogens is 760 g/mol. The minimum atomic E-state index is -4.40. The third kappa shape index (κ3) is 10.7. The number of tetrazole rings is 1. The Labute approximate surface area is 321 Å². The van der Waals surface area contributed by atoms with Crippen LogP contribution < -0.4 is 9.57 Å². The molecule has 7 rings (SSSR count). The fraction of sp³-hybridized carbons (Fsp3) is 0.333. The van der Waals surface area contributed by atoms with Crippen LogP contribution in [0.5, 0.6) is 5.75 Å². The number of carbonyl (C=O) groups excluding carboxylic acids is 1. The van der Waals surface area contributed by atoms with Gasteiger partial charge in [-0.05, 0) is 77.4 Å². The summed E-state index contributed by atoms with van der Waals surface area (Å²) in [6.45, 7) is 2.05. The van der Waals surface area contributed by atoms with Gasteiger partial charge in [0, 0.05) is 68.8 Å². The fourth-order valence-corrected chi connectivity index (χ4v) is 6.92. The molecule has 2 saturated heterocycles. The zero-order valence-corrected chi connectivity index (χ0v) is 30.4. The Morgan fingerprint density at radius 3 is 2.16 bits per heavy atom. The zero-order valence-electron chi connectivity index (χ0n) is 29.6. The minimum absolute atomic E-state index is 0.00587. The number of carboxylic acids is 1. The van der Waals surface area contributed by atoms with Crippen LogP contribution in [0.3, 0.4) is 0 Å². The molecule has 0 saturated carbocycles. The van der Waals surface area contributed by atoms with Crippen molar-refractivity contribution >= 4 is 29.9 Å². The molecule has 2 fully saturated rings. The van der Waals surface area contributed by atoms with Gasteiger partial charge in [-0.3, -0.25) is 4.98 Å². The maximum atomic E-state index is 12.6. The predicted octanol–water partition coefficient (Wildman–Crippen LogP) is 5.57. The van der Waals surface area contributed by atoms with Gasteiger partial charge in [0.1, 0.15) is 18.2 Å². The first-order chi connectivity index (χ1) is 26.9. The average Bonchev–Trinajstić information content (AvgIpc) is 3.89. The molecule has 0 atom stereocenters. The molecule has 2 aliphatic rings. The van der Waals surface area contributed by atoms with E-state index in [2.05, 4.69) is 25.5 Å². The first-order valence-electron chi connectivity index (χ1n) is 17.4. The summed E-state index contributed by atoms with van der Waals surface area (Å²) < 4.78 is 46.4. The summed E-state index contributed by atoms with van der Waals surface area (Å²) in [7, 11) is 0. The van der Waals surface area contributed by atoms with E-state index in [1.165, 1.54) is 34.9 Å². The number of rotatable bonds is 9. The molecule has 0 bridgehead atoms. The number of thioether (sulfide) groups is 1. The number of alkyl halides is 3. The Bertz CT molecular complexity index is 2050. The van der Waals surface area contributed by atoms with E-state index in [1.54, 1.807) is 69.4 Å². The van der Waals surface area contributed by atoms with Gasteiger partial charge in [0.05, 0.1) is 23.0 Å². The summed E-state index contributed by atoms with van der Waals surface area (Å²) in [5.41, 5.74) is 1.46. The van der Waals surface area contributed by atoms with Gasteiger partial charge in [0.2, 0.25) is 5.16 Å². The number of carboxylic acid groups (broad SMARTS) is 2. The molecule has 2 amide bonds. The first kappa shape index (κ1) is 39.5. The predicted molar refractivity (Wildman–Crippen MR) is 193 cm³/mol. The van der Waals surface area contributed by atoms with Crippen molar-refractivity contribution in [2.75, 3.05) is 26.2 Å². The molecule has 56 heavy (non-hydrogen) atoms. The number of benzene rings is 2. The summed E-state index contributed by atoms with van der Waals surface area (Å²) in [5.74, 6) is -0.589. The number of aromatic carboxylic acids is 1. The molecule has 0 aliphatic carbocycles. The summed E-state index contributed by atoms with van der Waals surface area (Å²) in [5, 5.41) is 30.4. The second-order valence-corrected chi connectivity index (χ2v) is 14.0. The van der Waals surface area contributed by atoms with Gasteiger partial charge in [0.25, 0.3) is 0 Å². The second kappa shape index (κ2) is 18.0. The lowest BCUT2D eigenvalue weighted by atomic mass is 10.1. The lowest BCUT2D eigenvalue weighted by Gasteiger charge is -2.31. The van der Waals surface area contributed by atoms with E-state index in [-0.39, 0.29) is 16.9 Å². The van der Waals surface area contributed by atoms with Crippen LogP contribution >= 0.6 is 11.8 Å². The molecule has 2 aliphatic heterocycles. The molecule has 5 heterocycles. The summed E-state index contributed by atoms with van der Waals surface area (Å²) in [6.07, 6.45) is 3.28. The number of ether oxygens (including phenoxy) is 1. The molecule has 20 heteroatoms. The largest absolute Gasteiger partial charge is 0.478 e. The van der Waals surface area contributed by atoms with Gasteiger partial charge in [-0.1, -0.05) is 23.9 Å². The van der Waals surface area contributed by atoms with Crippen LogP contribution in [-0.4, -0.2) is 111 Å². The Kier molecular flexibility index (Phi) is 12.7. The van der Waals surface area contributed by atoms with Crippen LogP contribution in [0.15, 0.2) is 90.7 Å². The lowest BCUT2D eigenvalue weighted by Crippen LogP contribution is -2.44.